The number of thiophene rings is 1. The van der Waals surface area contributed by atoms with Crippen LogP contribution >= 0.6 is 27.3 Å². The first-order valence-electron chi connectivity index (χ1n) is 6.03. The second-order valence-electron chi connectivity index (χ2n) is 4.44. The monoisotopic (exact) mass is 325 g/mol. The molecule has 0 bridgehead atoms. The van der Waals surface area contributed by atoms with Gasteiger partial charge >= 0.3 is 0 Å². The quantitative estimate of drug-likeness (QED) is 0.825. The maximum atomic E-state index is 12.0. The molecule has 1 aromatic heterocycles. The van der Waals surface area contributed by atoms with Gasteiger partial charge in [0.05, 0.1) is 4.88 Å². The molecule has 96 valence electrons. The Morgan fingerprint density at radius 1 is 1.44 bits per heavy atom. The van der Waals surface area contributed by atoms with Crippen molar-refractivity contribution in [2.75, 3.05) is 11.9 Å². The summed E-state index contributed by atoms with van der Waals surface area (Å²) in [6.45, 7) is 2.88. The van der Waals surface area contributed by atoms with Gasteiger partial charge in [0.1, 0.15) is 0 Å². The molecule has 4 heteroatoms. The van der Waals surface area contributed by atoms with Gasteiger partial charge in [-0.15, -0.1) is 11.3 Å². The third-order valence-corrected chi connectivity index (χ3v) is 4.43. The van der Waals surface area contributed by atoms with Gasteiger partial charge in [0.25, 0.3) is 5.91 Å². The van der Waals surface area contributed by atoms with Gasteiger partial charge in [0.2, 0.25) is 0 Å². The van der Waals surface area contributed by atoms with E-state index in [-0.39, 0.29) is 5.91 Å². The maximum absolute atomic E-state index is 12.0. The molecule has 1 amide bonds. The van der Waals surface area contributed by atoms with Crippen molar-refractivity contribution in [3.8, 4) is 0 Å². The number of halogens is 1. The molecule has 1 heterocycles. The van der Waals surface area contributed by atoms with Crippen LogP contribution in [0.3, 0.4) is 0 Å². The number of fused-ring (bicyclic) bond motifs is 1. The third kappa shape index (κ3) is 3.33. The van der Waals surface area contributed by atoms with E-state index in [0.29, 0.717) is 5.92 Å². The fourth-order valence-electron chi connectivity index (χ4n) is 1.74. The molecule has 0 fully saturated rings. The summed E-state index contributed by atoms with van der Waals surface area (Å²) in [5.74, 6) is 0.542. The van der Waals surface area contributed by atoms with Crippen LogP contribution in [-0.4, -0.2) is 17.8 Å². The van der Waals surface area contributed by atoms with E-state index in [2.05, 4.69) is 28.2 Å². The number of carbonyl (C=O) groups excluding carboxylic acids is 1. The van der Waals surface area contributed by atoms with Crippen LogP contribution in [0, 0.1) is 5.92 Å². The third-order valence-electron chi connectivity index (χ3n) is 2.86. The second kappa shape index (κ2) is 6.34. The van der Waals surface area contributed by atoms with E-state index in [1.165, 1.54) is 0 Å². The van der Waals surface area contributed by atoms with Gasteiger partial charge in [-0.25, -0.2) is 0 Å². The lowest BCUT2D eigenvalue weighted by atomic mass is 10.1. The Morgan fingerprint density at radius 3 is 2.94 bits per heavy atom. The molecule has 0 spiro atoms. The standard InChI is InChI=1S/C14H16BrNOS/c1-10(6-7-15)9-16-14(17)13-8-11-4-2-3-5-12(11)18-13/h2-5,8,10H,6-7,9H2,1H3,(H,16,17). The molecule has 2 aromatic rings. The van der Waals surface area contributed by atoms with Crippen LogP contribution < -0.4 is 5.32 Å². The Kier molecular flexibility index (Phi) is 4.78. The molecule has 1 aromatic carbocycles. The molecule has 0 aliphatic carbocycles. The predicted molar refractivity (Wildman–Crippen MR) is 81.7 cm³/mol. The summed E-state index contributed by atoms with van der Waals surface area (Å²) in [6.07, 6.45) is 1.08. The number of alkyl halides is 1. The van der Waals surface area contributed by atoms with Gasteiger partial charge in [-0.1, -0.05) is 41.1 Å². The minimum atomic E-state index is 0.0395. The van der Waals surface area contributed by atoms with Gasteiger partial charge < -0.3 is 5.32 Å². The first-order valence-corrected chi connectivity index (χ1v) is 7.97. The second-order valence-corrected chi connectivity index (χ2v) is 6.32. The Labute approximate surface area is 120 Å². The summed E-state index contributed by atoms with van der Waals surface area (Å²) >= 11 is 4.96. The van der Waals surface area contributed by atoms with Crippen molar-refractivity contribution < 1.29 is 4.79 Å². The summed E-state index contributed by atoms with van der Waals surface area (Å²) in [4.78, 5) is 12.8. The first-order chi connectivity index (χ1) is 8.70. The van der Waals surface area contributed by atoms with E-state index in [1.54, 1.807) is 11.3 Å². The van der Waals surface area contributed by atoms with Crippen molar-refractivity contribution in [2.24, 2.45) is 5.92 Å². The molecule has 0 saturated carbocycles. The number of rotatable bonds is 5. The zero-order valence-electron chi connectivity index (χ0n) is 10.3. The van der Waals surface area contributed by atoms with Crippen molar-refractivity contribution in [1.82, 2.24) is 5.32 Å². The average Bonchev–Trinajstić information content (AvgIpc) is 2.80. The molecule has 1 N–H and O–H groups in total. The highest BCUT2D eigenvalue weighted by Crippen LogP contribution is 2.25. The molecule has 0 saturated heterocycles. The number of benzene rings is 1. The molecule has 1 atom stereocenters. The van der Waals surface area contributed by atoms with E-state index in [9.17, 15) is 4.79 Å². The summed E-state index contributed by atoms with van der Waals surface area (Å²) in [5.41, 5.74) is 0. The largest absolute Gasteiger partial charge is 0.351 e. The van der Waals surface area contributed by atoms with E-state index in [1.807, 2.05) is 30.3 Å². The van der Waals surface area contributed by atoms with Crippen molar-refractivity contribution in [3.63, 3.8) is 0 Å². The van der Waals surface area contributed by atoms with Gasteiger partial charge in [-0.2, -0.15) is 0 Å². The van der Waals surface area contributed by atoms with Crippen LogP contribution in [0.2, 0.25) is 0 Å². The van der Waals surface area contributed by atoms with Crippen LogP contribution in [0.5, 0.6) is 0 Å². The lowest BCUT2D eigenvalue weighted by Crippen LogP contribution is -2.27. The fourth-order valence-corrected chi connectivity index (χ4v) is 3.50. The Hall–Kier alpha value is -0.870. The Morgan fingerprint density at radius 2 is 2.22 bits per heavy atom. The Balaban J connectivity index is 2.00. The van der Waals surface area contributed by atoms with Crippen LogP contribution in [-0.2, 0) is 0 Å². The van der Waals surface area contributed by atoms with Gasteiger partial charge in [-0.3, -0.25) is 4.79 Å². The molecule has 0 aliphatic rings. The molecule has 0 aliphatic heterocycles. The van der Waals surface area contributed by atoms with Crippen LogP contribution in [0.1, 0.15) is 23.0 Å². The highest BCUT2D eigenvalue weighted by Gasteiger charge is 2.10. The zero-order chi connectivity index (χ0) is 13.0. The zero-order valence-corrected chi connectivity index (χ0v) is 12.7. The van der Waals surface area contributed by atoms with Gasteiger partial charge in [-0.05, 0) is 29.9 Å². The number of hydrogen-bond acceptors (Lipinski definition) is 2. The van der Waals surface area contributed by atoms with Crippen molar-refractivity contribution in [1.29, 1.82) is 0 Å². The van der Waals surface area contributed by atoms with E-state index in [4.69, 9.17) is 0 Å². The SMILES string of the molecule is CC(CCBr)CNC(=O)c1cc2ccccc2s1. The van der Waals surface area contributed by atoms with Crippen LogP contribution in [0.4, 0.5) is 0 Å². The molecular formula is C14H16BrNOS. The minimum Gasteiger partial charge on any atom is -0.351 e. The molecule has 18 heavy (non-hydrogen) atoms. The van der Waals surface area contributed by atoms with E-state index < -0.39 is 0 Å². The summed E-state index contributed by atoms with van der Waals surface area (Å²) in [5, 5.41) is 5.11. The number of nitrogens with one attached hydrogen (secondary N) is 1. The molecule has 1 unspecified atom stereocenters. The van der Waals surface area contributed by atoms with E-state index >= 15 is 0 Å². The molecular weight excluding hydrogens is 310 g/mol. The first kappa shape index (κ1) is 13.6. The fraction of sp³-hybridized carbons (Fsp3) is 0.357. The van der Waals surface area contributed by atoms with Crippen LogP contribution in [0.15, 0.2) is 30.3 Å². The highest BCUT2D eigenvalue weighted by molar-refractivity contribution is 9.09. The lowest BCUT2D eigenvalue weighted by Gasteiger charge is -2.09. The topological polar surface area (TPSA) is 29.1 Å². The number of carbonyl (C=O) groups is 1. The molecule has 2 rings (SSSR count). The molecule has 0 radical (unpaired) electrons. The van der Waals surface area contributed by atoms with Crippen molar-refractivity contribution in [2.45, 2.75) is 13.3 Å². The summed E-state index contributed by atoms with van der Waals surface area (Å²) in [6, 6.07) is 10.0. The van der Waals surface area contributed by atoms with E-state index in [0.717, 1.165) is 33.3 Å². The Bertz CT molecular complexity index is 504. The summed E-state index contributed by atoms with van der Waals surface area (Å²) in [7, 11) is 0. The van der Waals surface area contributed by atoms with Gasteiger partial charge in [0.15, 0.2) is 0 Å². The molecule has 2 nitrogen and oxygen atoms in total. The smallest absolute Gasteiger partial charge is 0.261 e. The minimum absolute atomic E-state index is 0.0395. The normalized spacial score (nSPS) is 12.6. The van der Waals surface area contributed by atoms with Crippen LogP contribution in [0.25, 0.3) is 10.1 Å². The highest BCUT2D eigenvalue weighted by atomic mass is 79.9. The predicted octanol–water partition coefficient (Wildman–Crippen LogP) is 4.05. The average molecular weight is 326 g/mol. The van der Waals surface area contributed by atoms with Gasteiger partial charge in [0, 0.05) is 16.6 Å². The maximum Gasteiger partial charge on any atom is 0.261 e. The number of amides is 1. The van der Waals surface area contributed by atoms with Crippen molar-refractivity contribution >= 4 is 43.3 Å². The lowest BCUT2D eigenvalue weighted by molar-refractivity contribution is 0.0952. The summed E-state index contributed by atoms with van der Waals surface area (Å²) < 4.78 is 1.16. The number of hydrogen-bond donors (Lipinski definition) is 1. The van der Waals surface area contributed by atoms with Crippen molar-refractivity contribution in [3.05, 3.63) is 35.2 Å².